The molecule has 1 aliphatic heterocycles. The molecule has 0 spiro atoms. The number of para-hydroxylation sites is 1. The lowest BCUT2D eigenvalue weighted by Gasteiger charge is -2.30. The number of halogens is 3. The van der Waals surface area contributed by atoms with E-state index in [1.807, 2.05) is 0 Å². The van der Waals surface area contributed by atoms with Crippen LogP contribution in [0.2, 0.25) is 0 Å². The molecule has 0 saturated carbocycles. The number of anilines is 1. The van der Waals surface area contributed by atoms with Crippen LogP contribution >= 0.6 is 0 Å². The number of hydrogen-bond donors (Lipinski definition) is 2. The van der Waals surface area contributed by atoms with E-state index in [1.54, 1.807) is 30.3 Å². The summed E-state index contributed by atoms with van der Waals surface area (Å²) in [6.07, 6.45) is -6.01. The lowest BCUT2D eigenvalue weighted by Crippen LogP contribution is -2.49. The van der Waals surface area contributed by atoms with Gasteiger partial charge in [0.25, 0.3) is 0 Å². The molecule has 2 aromatic carbocycles. The Bertz CT molecular complexity index is 843. The number of nitrogens with zero attached hydrogens (tertiary/aromatic N) is 1. The van der Waals surface area contributed by atoms with Gasteiger partial charge in [0.1, 0.15) is 6.04 Å². The van der Waals surface area contributed by atoms with Gasteiger partial charge in [0, 0.05) is 12.2 Å². The van der Waals surface area contributed by atoms with Gasteiger partial charge in [-0.3, -0.25) is 9.59 Å². The van der Waals surface area contributed by atoms with Crippen LogP contribution in [-0.4, -0.2) is 35.7 Å². The first-order valence-corrected chi connectivity index (χ1v) is 8.73. The summed E-state index contributed by atoms with van der Waals surface area (Å²) in [6, 6.07) is 14.3. The number of carbonyl (C=O) groups is 2. The van der Waals surface area contributed by atoms with E-state index in [2.05, 4.69) is 5.32 Å². The Hall–Kier alpha value is -2.87. The van der Waals surface area contributed by atoms with Crippen LogP contribution < -0.4 is 10.2 Å². The molecule has 5 nitrogen and oxygen atoms in total. The third-order valence-electron chi connectivity index (χ3n) is 4.75. The third kappa shape index (κ3) is 3.87. The number of hydrogen-bond acceptors (Lipinski definition) is 3. The molecule has 1 saturated heterocycles. The minimum absolute atomic E-state index is 0.273. The zero-order valence-electron chi connectivity index (χ0n) is 14.8. The van der Waals surface area contributed by atoms with Gasteiger partial charge in [-0.25, -0.2) is 0 Å². The molecule has 148 valence electrons. The second-order valence-corrected chi connectivity index (χ2v) is 6.64. The highest BCUT2D eigenvalue weighted by molar-refractivity contribution is 6.01. The van der Waals surface area contributed by atoms with E-state index in [0.29, 0.717) is 12.2 Å². The number of carbonyl (C=O) groups excluding carboxylic acids is 2. The summed E-state index contributed by atoms with van der Waals surface area (Å²) < 4.78 is 40.6. The molecule has 2 amide bonds. The number of aliphatic hydroxyl groups is 1. The topological polar surface area (TPSA) is 69.6 Å². The Balaban J connectivity index is 1.71. The summed E-state index contributed by atoms with van der Waals surface area (Å²) in [6.45, 7) is 0.343. The molecule has 3 rings (SSSR count). The van der Waals surface area contributed by atoms with E-state index in [9.17, 15) is 27.9 Å². The van der Waals surface area contributed by atoms with Crippen LogP contribution in [0.15, 0.2) is 60.7 Å². The van der Waals surface area contributed by atoms with Crippen LogP contribution in [0.25, 0.3) is 0 Å². The van der Waals surface area contributed by atoms with E-state index in [-0.39, 0.29) is 6.42 Å². The maximum Gasteiger partial charge on any atom is 0.421 e. The van der Waals surface area contributed by atoms with Gasteiger partial charge in [-0.15, -0.1) is 0 Å². The maximum atomic E-state index is 13.5. The SMILES string of the molecule is O=C(C[C@](O)(c1ccccc1)C(F)(F)F)N[C@@H]1CCN(c2ccccc2)C1=O. The van der Waals surface area contributed by atoms with Crippen LogP contribution in [0.5, 0.6) is 0 Å². The van der Waals surface area contributed by atoms with Crippen LogP contribution in [0.3, 0.4) is 0 Å². The lowest BCUT2D eigenvalue weighted by molar-refractivity contribution is -0.267. The van der Waals surface area contributed by atoms with Crippen molar-refractivity contribution in [3.8, 4) is 0 Å². The maximum absolute atomic E-state index is 13.5. The first-order chi connectivity index (χ1) is 13.2. The van der Waals surface area contributed by atoms with E-state index in [0.717, 1.165) is 12.1 Å². The third-order valence-corrected chi connectivity index (χ3v) is 4.75. The Morgan fingerprint density at radius 1 is 1.07 bits per heavy atom. The number of rotatable bonds is 5. The van der Waals surface area contributed by atoms with Gasteiger partial charge in [-0.1, -0.05) is 48.5 Å². The van der Waals surface area contributed by atoms with Crippen molar-refractivity contribution in [2.24, 2.45) is 0 Å². The van der Waals surface area contributed by atoms with E-state index in [4.69, 9.17) is 0 Å². The molecule has 0 aromatic heterocycles. The van der Waals surface area contributed by atoms with Crippen LogP contribution in [0, 0.1) is 0 Å². The molecule has 2 N–H and O–H groups in total. The summed E-state index contributed by atoms with van der Waals surface area (Å²) in [5, 5.41) is 12.6. The first-order valence-electron chi connectivity index (χ1n) is 8.73. The van der Waals surface area contributed by atoms with Crippen molar-refractivity contribution < 1.29 is 27.9 Å². The Kier molecular flexibility index (Phi) is 5.42. The normalized spacial score (nSPS) is 19.4. The standard InChI is InChI=1S/C20H19F3N2O3/c21-20(22,23)19(28,14-7-3-1-4-8-14)13-17(26)24-16-11-12-25(18(16)27)15-9-5-2-6-10-15/h1-10,16,28H,11-13H2,(H,24,26)/t16-,19+/m1/s1. The summed E-state index contributed by atoms with van der Waals surface area (Å²) in [4.78, 5) is 26.3. The largest absolute Gasteiger partial charge is 0.421 e. The zero-order valence-corrected chi connectivity index (χ0v) is 14.8. The second kappa shape index (κ2) is 7.63. The molecule has 0 radical (unpaired) electrons. The smallest absolute Gasteiger partial charge is 0.376 e. The Labute approximate surface area is 159 Å². The Morgan fingerprint density at radius 3 is 2.21 bits per heavy atom. The van der Waals surface area contributed by atoms with Gasteiger partial charge in [-0.05, 0) is 24.1 Å². The second-order valence-electron chi connectivity index (χ2n) is 6.64. The highest BCUT2D eigenvalue weighted by Gasteiger charge is 2.56. The lowest BCUT2D eigenvalue weighted by atomic mass is 9.89. The molecule has 2 atom stereocenters. The predicted molar refractivity (Wildman–Crippen MR) is 96.4 cm³/mol. The molecule has 1 aliphatic rings. The van der Waals surface area contributed by atoms with Gasteiger partial charge in [0.05, 0.1) is 6.42 Å². The average Bonchev–Trinajstić information content (AvgIpc) is 3.02. The van der Waals surface area contributed by atoms with Crippen LogP contribution in [-0.2, 0) is 15.2 Å². The molecular weight excluding hydrogens is 373 g/mol. The van der Waals surface area contributed by atoms with Crippen molar-refractivity contribution in [2.75, 3.05) is 11.4 Å². The fraction of sp³-hybridized carbons (Fsp3) is 0.300. The molecule has 0 bridgehead atoms. The highest BCUT2D eigenvalue weighted by atomic mass is 19.4. The number of nitrogens with one attached hydrogen (secondary N) is 1. The summed E-state index contributed by atoms with van der Waals surface area (Å²) in [5.41, 5.74) is -3.11. The molecule has 0 unspecified atom stereocenters. The van der Waals surface area contributed by atoms with Crippen molar-refractivity contribution >= 4 is 17.5 Å². The van der Waals surface area contributed by atoms with E-state index in [1.165, 1.54) is 23.1 Å². The van der Waals surface area contributed by atoms with Gasteiger partial charge < -0.3 is 15.3 Å². The van der Waals surface area contributed by atoms with Crippen molar-refractivity contribution in [2.45, 2.75) is 30.7 Å². The number of amides is 2. The average molecular weight is 392 g/mol. The number of alkyl halides is 3. The molecule has 8 heteroatoms. The molecule has 1 heterocycles. The van der Waals surface area contributed by atoms with Crippen molar-refractivity contribution in [3.63, 3.8) is 0 Å². The fourth-order valence-electron chi connectivity index (χ4n) is 3.24. The van der Waals surface area contributed by atoms with E-state index < -0.39 is 41.6 Å². The van der Waals surface area contributed by atoms with Gasteiger partial charge in [0.2, 0.25) is 11.8 Å². The fourth-order valence-corrected chi connectivity index (χ4v) is 3.24. The first kappa shape index (κ1) is 19.9. The monoisotopic (exact) mass is 392 g/mol. The van der Waals surface area contributed by atoms with Crippen molar-refractivity contribution in [3.05, 3.63) is 66.2 Å². The molecule has 2 aromatic rings. The quantitative estimate of drug-likeness (QED) is 0.822. The highest BCUT2D eigenvalue weighted by Crippen LogP contribution is 2.41. The predicted octanol–water partition coefficient (Wildman–Crippen LogP) is 2.75. The van der Waals surface area contributed by atoms with Gasteiger partial charge in [0.15, 0.2) is 5.60 Å². The van der Waals surface area contributed by atoms with Crippen LogP contribution in [0.4, 0.5) is 18.9 Å². The zero-order chi connectivity index (χ0) is 20.4. The molecule has 28 heavy (non-hydrogen) atoms. The van der Waals surface area contributed by atoms with Gasteiger partial charge >= 0.3 is 6.18 Å². The summed E-state index contributed by atoms with van der Waals surface area (Å²) in [5.74, 6) is -1.44. The molecule has 1 fully saturated rings. The Morgan fingerprint density at radius 2 is 1.64 bits per heavy atom. The van der Waals surface area contributed by atoms with E-state index >= 15 is 0 Å². The summed E-state index contributed by atoms with van der Waals surface area (Å²) in [7, 11) is 0. The van der Waals surface area contributed by atoms with Gasteiger partial charge in [-0.2, -0.15) is 13.2 Å². The number of benzene rings is 2. The van der Waals surface area contributed by atoms with Crippen molar-refractivity contribution in [1.82, 2.24) is 5.32 Å². The minimum Gasteiger partial charge on any atom is -0.376 e. The van der Waals surface area contributed by atoms with Crippen molar-refractivity contribution in [1.29, 1.82) is 0 Å². The van der Waals surface area contributed by atoms with Crippen LogP contribution in [0.1, 0.15) is 18.4 Å². The minimum atomic E-state index is -5.05. The molecule has 0 aliphatic carbocycles. The molecular formula is C20H19F3N2O3. The summed E-state index contributed by atoms with van der Waals surface area (Å²) >= 11 is 0.